The number of carbonyl (C=O) groups excluding carboxylic acids is 10. The molecule has 0 radical (unpaired) electrons. The molecule has 0 aromatic carbocycles. The molecule has 0 amide bonds. The summed E-state index contributed by atoms with van der Waals surface area (Å²) in [5.74, 6) is -16.4. The summed E-state index contributed by atoms with van der Waals surface area (Å²) < 4.78 is 412. The summed E-state index contributed by atoms with van der Waals surface area (Å²) in [5, 5.41) is 44.3. The lowest BCUT2D eigenvalue weighted by Gasteiger charge is -2.44. The second-order valence-electron chi connectivity index (χ2n) is 45.5. The SMILES string of the molecule is [2H]C([2H])([2H])[C@H]1C=C2C=C[C@H](C)[C@H](CCC3C[C@@H](O)CC(=O)O3)[C@H]2[C@@H](OC(=O)C(C)(C([2H])([2H])[2H])C([2H])([2H])C([2H])([2H])[2H])C1.[2H]C([2H])([2H])[C@H]1C=C2C=C[C@H](C)[C@H](CCC3C[C@@H](O)CC(=O)O3)[C@H]2[C@@H](OC(=O)C(C)(C)C([2H])([2H])C([2H])([2H])[2H])C1.[2H]C([2H])([2H])[C@H]1C=C2C=C[C@H](C)[C@H](CCC3C[C@@H](O)CC(=O)O3)[C@H]2[C@@H](OC(=O)C(C)(CC)C([2H])([2H])[2H])C1.[2H]C([2H])([2H])[C@H]1C=C2C=C[C@H](C)[C@H](CCC3C[C@@H](O)CC(=O)O3)[C@H]2[C@@H](OC(=O)C(C)(CC)C([2H])([2H])[2H])C1.[2H]O[C@@H]1CC(CC[C@@H]2[C@@H]3C(=C[C@H](C)C[C@@H]3OC(=O)C(C([2H])([2H])[2H])(C([2H])([2H])[2H])C([2H])([2H])C([2H])([2H])[2H])C=C[C@@H]2C)OC(=O)C1([2H])[2H]. The molecule has 15 aliphatic rings. The highest BCUT2D eigenvalue weighted by atomic mass is 16.6. The Hall–Kier alpha value is -8.10. The van der Waals surface area contributed by atoms with Gasteiger partial charge in [-0.1, -0.05) is 194 Å². The second kappa shape index (κ2) is 53.6. The van der Waals surface area contributed by atoms with Crippen LogP contribution in [0.4, 0.5) is 0 Å². The fraction of sp³-hybridized carbons (Fsp3) is 0.760. The van der Waals surface area contributed by atoms with E-state index in [1.54, 1.807) is 51.2 Å². The maximum Gasteiger partial charge on any atom is 0.311 e. The predicted molar refractivity (Wildman–Crippen MR) is 577 cm³/mol. The summed E-state index contributed by atoms with van der Waals surface area (Å²) in [7, 11) is 0. The first kappa shape index (κ1) is 72.7. The number of carbonyl (C=O) groups is 10. The molecule has 0 spiro atoms. The van der Waals surface area contributed by atoms with Crippen molar-refractivity contribution in [2.24, 2.45) is 145 Å². The number of esters is 10. The van der Waals surface area contributed by atoms with Gasteiger partial charge in [-0.25, -0.2) is 0 Å². The van der Waals surface area contributed by atoms with Crippen molar-refractivity contribution in [2.75, 3.05) is 0 Å². The summed E-state index contributed by atoms with van der Waals surface area (Å²) in [5.41, 5.74) is -9.07. The Bertz CT molecular complexity index is 6640. The van der Waals surface area contributed by atoms with Crippen LogP contribution in [0, 0.1) is 145 Å². The molecule has 5 N–H and O–H groups in total. The van der Waals surface area contributed by atoms with Crippen LogP contribution >= 0.6 is 0 Å². The fourth-order valence-electron chi connectivity index (χ4n) is 23.9. The van der Waals surface area contributed by atoms with Gasteiger partial charge in [-0.2, -0.15) is 0 Å². The molecule has 0 bridgehead atoms. The van der Waals surface area contributed by atoms with E-state index in [2.05, 4.69) is 5.11 Å². The first-order valence-electron chi connectivity index (χ1n) is 76.0. The Morgan fingerprint density at radius 1 is 0.327 bits per heavy atom. The van der Waals surface area contributed by atoms with E-state index in [0.29, 0.717) is 101 Å². The highest BCUT2D eigenvalue weighted by molar-refractivity contribution is 5.79. The zero-order chi connectivity index (χ0) is 148. The smallest absolute Gasteiger partial charge is 0.311 e. The molecule has 150 heavy (non-hydrogen) atoms. The van der Waals surface area contributed by atoms with Crippen LogP contribution in [0.5, 0.6) is 0 Å². The van der Waals surface area contributed by atoms with E-state index in [9.17, 15) is 68.4 Å². The fourth-order valence-corrected chi connectivity index (χ4v) is 23.9. The molecule has 25 heteroatoms. The molecule has 0 aromatic heterocycles. The van der Waals surface area contributed by atoms with E-state index in [4.69, 9.17) is 109 Å². The summed E-state index contributed by atoms with van der Waals surface area (Å²) in [6.07, 6.45) is 8.61. The monoisotopic (exact) mass is 2140 g/mol. The molecular formula is C125H190O25. The lowest BCUT2D eigenvalue weighted by molar-refractivity contribution is -0.166. The Labute approximate surface area is 960 Å². The largest absolute Gasteiger partial charge is 0.462 e. The number of cyclic esters (lactones) is 5. The Balaban J connectivity index is 0.000000225. The van der Waals surface area contributed by atoms with Crippen LogP contribution in [0.3, 0.4) is 0 Å². The molecule has 5 fully saturated rings. The minimum atomic E-state index is -4.05. The van der Waals surface area contributed by atoms with E-state index in [1.807, 2.05) is 95.4 Å². The van der Waals surface area contributed by atoms with Crippen LogP contribution in [0.1, 0.15) is 425 Å². The van der Waals surface area contributed by atoms with Crippen LogP contribution in [0.2, 0.25) is 0 Å². The quantitative estimate of drug-likeness (QED) is 0.0318. The van der Waals surface area contributed by atoms with Gasteiger partial charge >= 0.3 is 59.7 Å². The van der Waals surface area contributed by atoms with Gasteiger partial charge in [0.15, 0.2) is 0 Å². The van der Waals surface area contributed by atoms with Gasteiger partial charge in [0.1, 0.15) is 61.0 Å². The molecule has 840 valence electrons. The zero-order valence-corrected chi connectivity index (χ0v) is 88.6. The van der Waals surface area contributed by atoms with Gasteiger partial charge in [0, 0.05) is 122 Å². The number of hydrogen-bond donors (Lipinski definition) is 5. The molecule has 10 aliphatic carbocycles. The molecule has 25 nitrogen and oxygen atoms in total. The van der Waals surface area contributed by atoms with E-state index in [-0.39, 0.29) is 167 Å². The normalized spacial score (nSPS) is 43.6. The molecule has 5 saturated heterocycles. The average molecular weight is 2140 g/mol. The topological polar surface area (TPSA) is 364 Å². The highest BCUT2D eigenvalue weighted by Gasteiger charge is 2.52. The lowest BCUT2D eigenvalue weighted by Crippen LogP contribution is -2.43. The number of allylic oxidation sites excluding steroid dienone is 15. The molecule has 8 unspecified atom stereocenters. The third kappa shape index (κ3) is 32.8. The van der Waals surface area contributed by atoms with E-state index >= 15 is 0 Å². The van der Waals surface area contributed by atoms with Gasteiger partial charge in [0.25, 0.3) is 0 Å². The van der Waals surface area contributed by atoms with Crippen molar-refractivity contribution in [3.63, 3.8) is 0 Å². The van der Waals surface area contributed by atoms with Crippen molar-refractivity contribution in [2.45, 2.75) is 456 Å². The Kier molecular flexibility index (Phi) is 25.9. The van der Waals surface area contributed by atoms with Crippen molar-refractivity contribution in [1.29, 1.82) is 1.43 Å². The molecule has 5 heterocycles. The van der Waals surface area contributed by atoms with Gasteiger partial charge in [-0.3, -0.25) is 47.9 Å². The summed E-state index contributed by atoms with van der Waals surface area (Å²) in [4.78, 5) is 127. The molecule has 38 atom stereocenters. The number of rotatable bonds is 31. The first-order valence-corrected chi connectivity index (χ1v) is 53.6. The van der Waals surface area contributed by atoms with E-state index in [1.165, 1.54) is 27.7 Å². The van der Waals surface area contributed by atoms with Crippen LogP contribution in [-0.4, -0.2) is 178 Å². The number of aliphatic hydroxyl groups excluding tert-OH is 5. The average Bonchev–Trinajstić information content (AvgIpc) is 0.689. The Morgan fingerprint density at radius 2 is 0.553 bits per heavy atom. The van der Waals surface area contributed by atoms with Crippen molar-refractivity contribution in [1.82, 2.24) is 0 Å². The van der Waals surface area contributed by atoms with E-state index in [0.717, 1.165) is 11.1 Å². The van der Waals surface area contributed by atoms with Crippen LogP contribution in [0.25, 0.3) is 0 Å². The van der Waals surface area contributed by atoms with Gasteiger partial charge in [-0.05, 0) is 314 Å². The van der Waals surface area contributed by atoms with Crippen LogP contribution in [0.15, 0.2) is 119 Å². The number of hydrogen-bond acceptors (Lipinski definition) is 25. The molecular weight excluding hydrogens is 1900 g/mol. The molecule has 5 aliphatic heterocycles. The minimum absolute atomic E-state index is 0.00806. The van der Waals surface area contributed by atoms with Crippen molar-refractivity contribution < 1.29 is 181 Å². The zero-order valence-electron chi connectivity index (χ0n) is 134. The third-order valence-electron chi connectivity index (χ3n) is 32.8. The molecule has 15 rings (SSSR count). The van der Waals surface area contributed by atoms with Gasteiger partial charge in [-0.15, -0.1) is 0 Å². The number of aliphatic hydroxyl groups is 5. The van der Waals surface area contributed by atoms with Gasteiger partial charge in [0.05, 0.1) is 89.7 Å². The van der Waals surface area contributed by atoms with Crippen molar-refractivity contribution in [3.8, 4) is 0 Å². The molecule has 0 aromatic rings. The molecule has 0 saturated carbocycles. The summed E-state index contributed by atoms with van der Waals surface area (Å²) in [6, 6.07) is 0. The van der Waals surface area contributed by atoms with Crippen LogP contribution < -0.4 is 0 Å². The standard InChI is InChI=1S/5C25H38O5/c5*1-6-25(4,5)24(28)30-21-12-15(2)11-17-8-7-16(3)20(23(17)21)10-9-19-13-18(26)14-22(27)29-19/h5*7-8,11,15-16,18-21,23,26H,6,9-10,12-14H2,1-5H3/t5*15-,16-,18+,19?,20-,21-,23-/m00000/s1/i1D3,4D3,5D3,6D2,14D2,26D;1D3,2D3,4D3,6D2;1D3,2D3,6D2;2*2D3,4D3/tm;15-,16-,18+,19?,20-,21-,23-,25?;m;2*15-,16-,18+,19?,20-,21-,23-,25?. The van der Waals surface area contributed by atoms with Crippen LogP contribution in [-0.2, 0) is 95.3 Å². The van der Waals surface area contributed by atoms with Crippen molar-refractivity contribution in [3.05, 3.63) is 119 Å². The maximum atomic E-state index is 13.9. The van der Waals surface area contributed by atoms with Gasteiger partial charge in [0.2, 0.25) is 1.43 Å². The summed E-state index contributed by atoms with van der Waals surface area (Å²) >= 11 is 0. The summed E-state index contributed by atoms with van der Waals surface area (Å²) in [6.45, 7) is -15.6. The lowest BCUT2D eigenvalue weighted by atomic mass is 9.65. The van der Waals surface area contributed by atoms with Gasteiger partial charge < -0.3 is 72.9 Å². The van der Waals surface area contributed by atoms with Crippen molar-refractivity contribution >= 4 is 59.7 Å². The number of ether oxygens (including phenoxy) is 10. The Morgan fingerprint density at radius 3 is 0.800 bits per heavy atom. The second-order valence-corrected chi connectivity index (χ2v) is 45.5. The highest BCUT2D eigenvalue weighted by Crippen LogP contribution is 2.54. The van der Waals surface area contributed by atoms with E-state index < -0.39 is 327 Å². The minimum Gasteiger partial charge on any atom is -0.462 e. The third-order valence-corrected chi connectivity index (χ3v) is 32.8. The predicted octanol–water partition coefficient (Wildman–Crippen LogP) is 22.9. The first-order chi connectivity index (χ1) is 88.7. The maximum absolute atomic E-state index is 13.9. The number of fused-ring (bicyclic) bond motifs is 5.